The lowest BCUT2D eigenvalue weighted by Crippen LogP contribution is -2.22. The molecule has 0 radical (unpaired) electrons. The van der Waals surface area contributed by atoms with Crippen LogP contribution in [0.4, 0.5) is 0 Å². The number of imidazole rings is 1. The number of hydrogen-bond acceptors (Lipinski definition) is 4. The summed E-state index contributed by atoms with van der Waals surface area (Å²) in [6.07, 6.45) is 3.35. The summed E-state index contributed by atoms with van der Waals surface area (Å²) in [5.41, 5.74) is 3.95. The molecule has 0 N–H and O–H groups in total. The first-order valence-corrected chi connectivity index (χ1v) is 7.42. The molecule has 0 saturated heterocycles. The van der Waals surface area contributed by atoms with Crippen LogP contribution in [0.25, 0.3) is 22.1 Å². The minimum Gasteiger partial charge on any atom is -0.465 e. The zero-order chi connectivity index (χ0) is 14.6. The molecule has 0 aliphatic heterocycles. The molecule has 4 rings (SSSR count). The fraction of sp³-hybridized carbons (Fsp3) is 0.125. The highest BCUT2D eigenvalue weighted by molar-refractivity contribution is 7.15. The summed E-state index contributed by atoms with van der Waals surface area (Å²) < 4.78 is 7.60. The number of aryl methyl sites for hydroxylation is 2. The van der Waals surface area contributed by atoms with Gasteiger partial charge in [0.05, 0.1) is 17.3 Å². The van der Waals surface area contributed by atoms with Gasteiger partial charge in [0, 0.05) is 6.08 Å². The van der Waals surface area contributed by atoms with Crippen molar-refractivity contribution in [2.45, 2.75) is 13.8 Å². The van der Waals surface area contributed by atoms with E-state index < -0.39 is 0 Å². The minimum atomic E-state index is -0.0427. The van der Waals surface area contributed by atoms with Gasteiger partial charge in [-0.05, 0) is 43.2 Å². The van der Waals surface area contributed by atoms with Crippen molar-refractivity contribution in [1.29, 1.82) is 0 Å². The number of fused-ring (bicyclic) bond motifs is 3. The zero-order valence-corrected chi connectivity index (χ0v) is 12.4. The summed E-state index contributed by atoms with van der Waals surface area (Å²) in [5.74, 6) is 0.674. The van der Waals surface area contributed by atoms with Crippen molar-refractivity contribution in [2.75, 3.05) is 0 Å². The lowest BCUT2D eigenvalue weighted by molar-refractivity contribution is 0.556. The smallest absolute Gasteiger partial charge is 0.275 e. The van der Waals surface area contributed by atoms with Crippen LogP contribution in [0.3, 0.4) is 0 Å². The highest BCUT2D eigenvalue weighted by atomic mass is 32.1. The Labute approximate surface area is 124 Å². The summed E-state index contributed by atoms with van der Waals surface area (Å²) in [5, 5.41) is 0. The van der Waals surface area contributed by atoms with Gasteiger partial charge in [0.2, 0.25) is 0 Å². The number of rotatable bonds is 1. The van der Waals surface area contributed by atoms with E-state index in [9.17, 15) is 4.79 Å². The quantitative estimate of drug-likeness (QED) is 0.542. The highest BCUT2D eigenvalue weighted by Crippen LogP contribution is 2.21. The van der Waals surface area contributed by atoms with Gasteiger partial charge < -0.3 is 4.42 Å². The molecule has 0 bridgehead atoms. The van der Waals surface area contributed by atoms with Crippen LogP contribution in [-0.4, -0.2) is 9.38 Å². The Morgan fingerprint density at radius 1 is 1.33 bits per heavy atom. The van der Waals surface area contributed by atoms with E-state index >= 15 is 0 Å². The number of benzene rings is 1. The van der Waals surface area contributed by atoms with Crippen molar-refractivity contribution in [3.8, 4) is 0 Å². The van der Waals surface area contributed by atoms with Gasteiger partial charge in [-0.15, -0.1) is 0 Å². The summed E-state index contributed by atoms with van der Waals surface area (Å²) in [6, 6.07) is 7.72. The molecule has 0 aliphatic carbocycles. The van der Waals surface area contributed by atoms with Gasteiger partial charge in [0.25, 0.3) is 5.56 Å². The first kappa shape index (κ1) is 12.3. The maximum atomic E-state index is 12.6. The van der Waals surface area contributed by atoms with Gasteiger partial charge in [-0.2, -0.15) is 0 Å². The van der Waals surface area contributed by atoms with E-state index in [1.807, 2.05) is 26.0 Å². The van der Waals surface area contributed by atoms with E-state index in [4.69, 9.17) is 4.42 Å². The predicted octanol–water partition coefficient (Wildman–Crippen LogP) is 2.67. The molecule has 0 saturated carbocycles. The van der Waals surface area contributed by atoms with Crippen LogP contribution in [0, 0.1) is 13.8 Å². The van der Waals surface area contributed by atoms with Crippen molar-refractivity contribution in [3.63, 3.8) is 0 Å². The number of furan rings is 1. The van der Waals surface area contributed by atoms with Crippen molar-refractivity contribution >= 4 is 33.4 Å². The van der Waals surface area contributed by atoms with E-state index in [0.717, 1.165) is 27.1 Å². The Morgan fingerprint density at radius 2 is 2.19 bits per heavy atom. The zero-order valence-electron chi connectivity index (χ0n) is 11.6. The molecule has 4 aromatic rings. The molecule has 0 spiro atoms. The third-order valence-corrected chi connectivity index (χ3v) is 4.46. The van der Waals surface area contributed by atoms with E-state index in [-0.39, 0.29) is 5.56 Å². The molecule has 0 unspecified atom stereocenters. The molecular formula is C16H12N2O2S. The molecule has 0 fully saturated rings. The third kappa shape index (κ3) is 1.81. The molecular weight excluding hydrogens is 284 g/mol. The standard InChI is InChI=1S/C16H12N2O2S/c1-9-6-10(2)14-12(7-9)18-15(19)13(21-16(18)17-14)8-11-4-3-5-20-11/h3-8H,1-2H3/b13-8-. The van der Waals surface area contributed by atoms with Crippen molar-refractivity contribution < 1.29 is 4.42 Å². The molecule has 0 aliphatic rings. The average Bonchev–Trinajstić information content (AvgIpc) is 3.10. The van der Waals surface area contributed by atoms with E-state index in [0.29, 0.717) is 10.3 Å². The first-order valence-electron chi connectivity index (χ1n) is 6.61. The average molecular weight is 296 g/mol. The van der Waals surface area contributed by atoms with E-state index in [1.165, 1.54) is 11.3 Å². The highest BCUT2D eigenvalue weighted by Gasteiger charge is 2.13. The van der Waals surface area contributed by atoms with Gasteiger partial charge in [0.15, 0.2) is 4.96 Å². The summed E-state index contributed by atoms with van der Waals surface area (Å²) >= 11 is 1.39. The van der Waals surface area contributed by atoms with Crippen molar-refractivity contribution in [1.82, 2.24) is 9.38 Å². The number of aromatic nitrogens is 2. The van der Waals surface area contributed by atoms with E-state index in [1.54, 1.807) is 22.8 Å². The lowest BCUT2D eigenvalue weighted by atomic mass is 10.1. The van der Waals surface area contributed by atoms with Gasteiger partial charge in [0.1, 0.15) is 10.3 Å². The molecule has 5 heteroatoms. The van der Waals surface area contributed by atoms with Crippen LogP contribution < -0.4 is 10.1 Å². The minimum absolute atomic E-state index is 0.0427. The molecule has 3 aromatic heterocycles. The molecule has 21 heavy (non-hydrogen) atoms. The molecule has 3 heterocycles. The first-order chi connectivity index (χ1) is 10.1. The second-order valence-electron chi connectivity index (χ2n) is 5.11. The second kappa shape index (κ2) is 4.30. The number of thiazole rings is 1. The van der Waals surface area contributed by atoms with Gasteiger partial charge in [-0.1, -0.05) is 17.4 Å². The summed E-state index contributed by atoms with van der Waals surface area (Å²) in [4.78, 5) is 17.9. The molecule has 0 atom stereocenters. The number of hydrogen-bond donors (Lipinski definition) is 0. The van der Waals surface area contributed by atoms with Crippen molar-refractivity contribution in [2.24, 2.45) is 0 Å². The lowest BCUT2D eigenvalue weighted by Gasteiger charge is -1.97. The van der Waals surface area contributed by atoms with Crippen LogP contribution >= 0.6 is 11.3 Å². The normalized spacial score (nSPS) is 12.8. The Balaban J connectivity index is 2.11. The van der Waals surface area contributed by atoms with Crippen molar-refractivity contribution in [3.05, 3.63) is 62.3 Å². The largest absolute Gasteiger partial charge is 0.465 e. The Morgan fingerprint density at radius 3 is 2.95 bits per heavy atom. The third-order valence-electron chi connectivity index (χ3n) is 3.50. The van der Waals surface area contributed by atoms with Gasteiger partial charge >= 0.3 is 0 Å². The fourth-order valence-corrected chi connectivity index (χ4v) is 3.57. The monoisotopic (exact) mass is 296 g/mol. The molecule has 104 valence electrons. The molecule has 4 nitrogen and oxygen atoms in total. The second-order valence-corrected chi connectivity index (χ2v) is 6.12. The van der Waals surface area contributed by atoms with Gasteiger partial charge in [-0.3, -0.25) is 4.79 Å². The summed E-state index contributed by atoms with van der Waals surface area (Å²) in [7, 11) is 0. The number of nitrogens with zero attached hydrogens (tertiary/aromatic N) is 2. The predicted molar refractivity (Wildman–Crippen MR) is 83.8 cm³/mol. The maximum absolute atomic E-state index is 12.6. The summed E-state index contributed by atoms with van der Waals surface area (Å²) in [6.45, 7) is 4.05. The molecule has 1 aromatic carbocycles. The Hall–Kier alpha value is -2.40. The fourth-order valence-electron chi connectivity index (χ4n) is 2.61. The van der Waals surface area contributed by atoms with Gasteiger partial charge in [-0.25, -0.2) is 9.38 Å². The molecule has 0 amide bonds. The van der Waals surface area contributed by atoms with Crippen LogP contribution in [0.15, 0.2) is 39.7 Å². The maximum Gasteiger partial charge on any atom is 0.275 e. The topological polar surface area (TPSA) is 47.5 Å². The van der Waals surface area contributed by atoms with Crippen LogP contribution in [-0.2, 0) is 0 Å². The van der Waals surface area contributed by atoms with Crippen LogP contribution in [0.2, 0.25) is 0 Å². The Kier molecular flexibility index (Phi) is 2.53. The Bertz CT molecular complexity index is 1070. The van der Waals surface area contributed by atoms with Crippen LogP contribution in [0.5, 0.6) is 0 Å². The SMILES string of the molecule is Cc1cc(C)c2nc3s/c(=C\c4ccco4)c(=O)n3c2c1. The van der Waals surface area contributed by atoms with E-state index in [2.05, 4.69) is 11.1 Å². The van der Waals surface area contributed by atoms with Crippen LogP contribution in [0.1, 0.15) is 16.9 Å².